The number of carbonyl (C=O) groups excluding carboxylic acids is 2. The molecule has 0 radical (unpaired) electrons. The minimum Gasteiger partial charge on any atom is -0.480 e. The molecular weight excluding hydrogens is 610 g/mol. The molecule has 0 spiro atoms. The average molecular weight is 674 g/mol. The Bertz CT molecular complexity index is 798. The highest BCUT2D eigenvalue weighted by Crippen LogP contribution is 2.09. The summed E-state index contributed by atoms with van der Waals surface area (Å²) >= 11 is 0. The highest BCUT2D eigenvalue weighted by molar-refractivity contribution is 5.74. The third-order valence-corrected chi connectivity index (χ3v) is 7.77. The topological polar surface area (TPSA) is 174 Å². The van der Waals surface area contributed by atoms with Crippen molar-refractivity contribution in [2.24, 2.45) is 0 Å². The summed E-state index contributed by atoms with van der Waals surface area (Å²) in [5, 5.41) is 28.1. The van der Waals surface area contributed by atoms with Crippen LogP contribution in [-0.4, -0.2) is 132 Å². The fourth-order valence-electron chi connectivity index (χ4n) is 5.14. The van der Waals surface area contributed by atoms with Crippen LogP contribution >= 0.6 is 0 Å². The normalized spacial score (nSPS) is 11.3. The molecule has 0 saturated carbocycles. The second kappa shape index (κ2) is 30.6. The lowest BCUT2D eigenvalue weighted by Gasteiger charge is -2.27. The van der Waals surface area contributed by atoms with Crippen molar-refractivity contribution in [3.05, 3.63) is 0 Å². The molecule has 0 aliphatic carbocycles. The molecule has 13 nitrogen and oxygen atoms in total. The van der Waals surface area contributed by atoms with Gasteiger partial charge >= 0.3 is 29.8 Å². The van der Waals surface area contributed by atoms with Gasteiger partial charge in [0.05, 0.1) is 45.9 Å². The SMILES string of the molecule is CCCCCCCCCCOC(=O)CN(CCN(CCN(CC(=O)O)CC(=O)OCCCCCCCCCC)CC(=O)O)CC(=O)O. The van der Waals surface area contributed by atoms with Crippen LogP contribution in [0.25, 0.3) is 0 Å². The molecule has 0 amide bonds. The van der Waals surface area contributed by atoms with Crippen molar-refractivity contribution in [3.63, 3.8) is 0 Å². The van der Waals surface area contributed by atoms with Gasteiger partial charge in [0.15, 0.2) is 0 Å². The number of nitrogens with zero attached hydrogens (tertiary/aromatic N) is 3. The van der Waals surface area contributed by atoms with Crippen LogP contribution < -0.4 is 0 Å². The zero-order chi connectivity index (χ0) is 35.1. The van der Waals surface area contributed by atoms with Crippen molar-refractivity contribution in [1.29, 1.82) is 0 Å². The van der Waals surface area contributed by atoms with Crippen molar-refractivity contribution < 1.29 is 48.8 Å². The van der Waals surface area contributed by atoms with E-state index in [0.717, 1.165) is 51.4 Å². The number of aliphatic carboxylic acids is 3. The second-order valence-corrected chi connectivity index (χ2v) is 12.3. The lowest BCUT2D eigenvalue weighted by molar-refractivity contribution is -0.148. The molecule has 0 aromatic carbocycles. The molecule has 0 fully saturated rings. The number of ether oxygens (including phenoxy) is 2. The van der Waals surface area contributed by atoms with Crippen LogP contribution in [0.2, 0.25) is 0 Å². The molecule has 0 heterocycles. The maximum Gasteiger partial charge on any atom is 0.320 e. The Hall–Kier alpha value is -2.77. The molecule has 0 rings (SSSR count). The summed E-state index contributed by atoms with van der Waals surface area (Å²) in [6.45, 7) is 3.51. The Morgan fingerprint density at radius 3 is 1.00 bits per heavy atom. The molecule has 13 heteroatoms. The number of hydrogen-bond acceptors (Lipinski definition) is 10. The Morgan fingerprint density at radius 2 is 0.681 bits per heavy atom. The number of carboxylic acids is 3. The van der Waals surface area contributed by atoms with E-state index in [-0.39, 0.29) is 59.0 Å². The van der Waals surface area contributed by atoms with Gasteiger partial charge in [-0.2, -0.15) is 0 Å². The van der Waals surface area contributed by atoms with Gasteiger partial charge < -0.3 is 24.8 Å². The van der Waals surface area contributed by atoms with Crippen LogP contribution in [0.3, 0.4) is 0 Å². The maximum atomic E-state index is 12.4. The summed E-state index contributed by atoms with van der Waals surface area (Å²) in [7, 11) is 0. The molecule has 0 bridgehead atoms. The van der Waals surface area contributed by atoms with Gasteiger partial charge in [0, 0.05) is 26.2 Å². The van der Waals surface area contributed by atoms with Gasteiger partial charge in [0.1, 0.15) is 0 Å². The molecular formula is C34H63N3O10. The number of hydrogen-bond donors (Lipinski definition) is 3. The molecule has 0 aromatic rings. The molecule has 0 atom stereocenters. The standard InChI is InChI=1S/C34H63N3O10/c1-3-5-7-9-11-13-15-17-23-46-33(44)28-36(26-31(40)41)21-19-35(25-30(38)39)20-22-37(27-32(42)43)29-34(45)47-24-18-16-14-12-10-8-6-4-2/h3-29H2,1-2H3,(H,38,39)(H,40,41)(H,42,43). The molecule has 0 saturated heterocycles. The lowest BCUT2D eigenvalue weighted by Crippen LogP contribution is -2.45. The van der Waals surface area contributed by atoms with E-state index in [1.807, 2.05) is 0 Å². The number of rotatable bonds is 34. The lowest BCUT2D eigenvalue weighted by atomic mass is 10.1. The van der Waals surface area contributed by atoms with Gasteiger partial charge in [0.2, 0.25) is 0 Å². The van der Waals surface area contributed by atoms with Crippen molar-refractivity contribution in [1.82, 2.24) is 14.7 Å². The second-order valence-electron chi connectivity index (χ2n) is 12.3. The third kappa shape index (κ3) is 30.3. The van der Waals surface area contributed by atoms with Crippen LogP contribution in [0.5, 0.6) is 0 Å². The van der Waals surface area contributed by atoms with E-state index >= 15 is 0 Å². The number of carboxylic acid groups (broad SMARTS) is 3. The molecule has 0 unspecified atom stereocenters. The van der Waals surface area contributed by atoms with Gasteiger partial charge in [-0.1, -0.05) is 104 Å². The average Bonchev–Trinajstić information content (AvgIpc) is 2.99. The minimum absolute atomic E-state index is 0.0754. The Kier molecular flexibility index (Phi) is 28.8. The van der Waals surface area contributed by atoms with Gasteiger partial charge in [-0.3, -0.25) is 38.7 Å². The van der Waals surface area contributed by atoms with E-state index in [9.17, 15) is 39.3 Å². The van der Waals surface area contributed by atoms with Crippen LogP contribution in [0, 0.1) is 0 Å². The third-order valence-electron chi connectivity index (χ3n) is 7.77. The van der Waals surface area contributed by atoms with Crippen LogP contribution in [0.4, 0.5) is 0 Å². The Labute approximate surface area is 281 Å². The number of unbranched alkanes of at least 4 members (excludes halogenated alkanes) is 14. The molecule has 0 aliphatic heterocycles. The van der Waals surface area contributed by atoms with E-state index < -0.39 is 42.9 Å². The van der Waals surface area contributed by atoms with Crippen LogP contribution in [-0.2, 0) is 33.4 Å². The van der Waals surface area contributed by atoms with Gasteiger partial charge in [0.25, 0.3) is 0 Å². The number of carbonyl (C=O) groups is 5. The van der Waals surface area contributed by atoms with Crippen molar-refractivity contribution in [3.8, 4) is 0 Å². The molecule has 47 heavy (non-hydrogen) atoms. The first kappa shape index (κ1) is 44.2. The number of esters is 2. The Balaban J connectivity index is 4.73. The zero-order valence-electron chi connectivity index (χ0n) is 29.1. The van der Waals surface area contributed by atoms with Crippen molar-refractivity contribution >= 4 is 29.8 Å². The molecule has 0 aromatic heterocycles. The first-order chi connectivity index (χ1) is 22.6. The summed E-state index contributed by atoms with van der Waals surface area (Å²) < 4.78 is 10.6. The first-order valence-electron chi connectivity index (χ1n) is 17.7. The van der Waals surface area contributed by atoms with E-state index in [0.29, 0.717) is 0 Å². The first-order valence-corrected chi connectivity index (χ1v) is 17.7. The highest BCUT2D eigenvalue weighted by Gasteiger charge is 2.20. The minimum atomic E-state index is -1.14. The zero-order valence-corrected chi connectivity index (χ0v) is 29.1. The Morgan fingerprint density at radius 1 is 0.404 bits per heavy atom. The van der Waals surface area contributed by atoms with Crippen LogP contribution in [0.15, 0.2) is 0 Å². The summed E-state index contributed by atoms with van der Waals surface area (Å²) in [5.41, 5.74) is 0. The van der Waals surface area contributed by atoms with Crippen molar-refractivity contribution in [2.45, 2.75) is 117 Å². The largest absolute Gasteiger partial charge is 0.480 e. The molecule has 0 aliphatic rings. The summed E-state index contributed by atoms with van der Waals surface area (Å²) in [6, 6.07) is 0. The van der Waals surface area contributed by atoms with E-state index in [4.69, 9.17) is 9.47 Å². The predicted octanol–water partition coefficient (Wildman–Crippen LogP) is 4.51. The van der Waals surface area contributed by atoms with Gasteiger partial charge in [-0.05, 0) is 12.8 Å². The van der Waals surface area contributed by atoms with E-state index in [2.05, 4.69) is 13.8 Å². The monoisotopic (exact) mass is 673 g/mol. The van der Waals surface area contributed by atoms with Gasteiger partial charge in [-0.15, -0.1) is 0 Å². The molecule has 274 valence electrons. The van der Waals surface area contributed by atoms with Crippen molar-refractivity contribution in [2.75, 3.05) is 72.1 Å². The molecule has 3 N–H and O–H groups in total. The predicted molar refractivity (Wildman–Crippen MR) is 179 cm³/mol. The summed E-state index contributed by atoms with van der Waals surface area (Å²) in [6.07, 6.45) is 17.7. The fourth-order valence-corrected chi connectivity index (χ4v) is 5.14. The highest BCUT2D eigenvalue weighted by atomic mass is 16.5. The maximum absolute atomic E-state index is 12.4. The van der Waals surface area contributed by atoms with E-state index in [1.165, 1.54) is 66.1 Å². The quantitative estimate of drug-likeness (QED) is 0.0643. The smallest absolute Gasteiger partial charge is 0.320 e. The van der Waals surface area contributed by atoms with Gasteiger partial charge in [-0.25, -0.2) is 0 Å². The van der Waals surface area contributed by atoms with E-state index in [1.54, 1.807) is 0 Å². The summed E-state index contributed by atoms with van der Waals surface area (Å²) in [5.74, 6) is -4.48. The fraction of sp³-hybridized carbons (Fsp3) is 0.853. The summed E-state index contributed by atoms with van der Waals surface area (Å²) in [4.78, 5) is 63.4. The van der Waals surface area contributed by atoms with Crippen LogP contribution in [0.1, 0.15) is 117 Å².